The largest absolute Gasteiger partial charge is 1.00 e. The van der Waals surface area contributed by atoms with Crippen molar-refractivity contribution in [3.8, 4) is 12.5 Å². The normalized spacial score (nSPS) is 1.75. The second-order valence-electron chi connectivity index (χ2n) is 0.183. The first-order valence-electron chi connectivity index (χ1n) is 0.855. The Morgan fingerprint density at radius 3 is 0.875 bits per heavy atom. The van der Waals surface area contributed by atoms with E-state index in [9.17, 15) is 0 Å². The fourth-order valence-electron chi connectivity index (χ4n) is 0. The van der Waals surface area contributed by atoms with Crippen molar-refractivity contribution in [1.29, 1.82) is 10.5 Å². The standard InChI is InChI=1S/2CHNO.2K/c2*2-1-3;;/h2*3H;;/q;;2*+1/p-2. The molecule has 4 nitrogen and oxygen atoms in total. The molecule has 32 valence electrons. The number of rotatable bonds is 0. The van der Waals surface area contributed by atoms with E-state index < -0.39 is 0 Å². The SMILES string of the molecule is N#C[O-].N#C[O-].[K+].[K+]. The van der Waals surface area contributed by atoms with Crippen LogP contribution in [0.5, 0.6) is 0 Å². The molecule has 0 N–H and O–H groups in total. The van der Waals surface area contributed by atoms with Crippen molar-refractivity contribution in [3.63, 3.8) is 0 Å². The molecule has 0 unspecified atom stereocenters. The first kappa shape index (κ1) is 22.5. The van der Waals surface area contributed by atoms with E-state index >= 15 is 0 Å². The summed E-state index contributed by atoms with van der Waals surface area (Å²) in [4.78, 5) is 0. The second-order valence-corrected chi connectivity index (χ2v) is 0.183. The Hall–Kier alpha value is 1.85. The molecule has 0 bridgehead atoms. The average molecular weight is 162 g/mol. The summed E-state index contributed by atoms with van der Waals surface area (Å²) in [6.45, 7) is 0. The van der Waals surface area contributed by atoms with Crippen LogP contribution in [0.4, 0.5) is 0 Å². The van der Waals surface area contributed by atoms with Crippen LogP contribution in [0.1, 0.15) is 0 Å². The zero-order valence-corrected chi connectivity index (χ0v) is 11.0. The molecule has 0 radical (unpaired) electrons. The molecule has 0 saturated heterocycles. The van der Waals surface area contributed by atoms with E-state index in [1.165, 1.54) is 0 Å². The zero-order chi connectivity index (χ0) is 5.41. The molecule has 0 aromatic carbocycles. The van der Waals surface area contributed by atoms with Gasteiger partial charge in [-0.15, -0.1) is 0 Å². The van der Waals surface area contributed by atoms with Gasteiger partial charge in [0.25, 0.3) is 0 Å². The smallest absolute Gasteiger partial charge is 0.812 e. The molecule has 0 aromatic heterocycles. The number of hydrogen-bond donors (Lipinski definition) is 0. The van der Waals surface area contributed by atoms with Crippen molar-refractivity contribution in [3.05, 3.63) is 0 Å². The van der Waals surface area contributed by atoms with Gasteiger partial charge in [-0.2, -0.15) is 0 Å². The summed E-state index contributed by atoms with van der Waals surface area (Å²) in [6.07, 6.45) is 1.00. The van der Waals surface area contributed by atoms with Gasteiger partial charge < -0.3 is 10.2 Å². The van der Waals surface area contributed by atoms with Gasteiger partial charge in [0.2, 0.25) is 0 Å². The van der Waals surface area contributed by atoms with Gasteiger partial charge in [0.15, 0.2) is 0 Å². The van der Waals surface area contributed by atoms with Gasteiger partial charge in [-0.25, -0.2) is 10.5 Å². The molecule has 0 aliphatic carbocycles. The molecule has 0 saturated carbocycles. The molecule has 0 spiro atoms. The maximum Gasteiger partial charge on any atom is 1.00 e. The monoisotopic (exact) mass is 162 g/mol. The molecule has 8 heavy (non-hydrogen) atoms. The van der Waals surface area contributed by atoms with Crippen LogP contribution in [0.25, 0.3) is 0 Å². The third kappa shape index (κ3) is 107. The maximum absolute atomic E-state index is 8.24. The number of nitrogens with zero attached hydrogens (tertiary/aromatic N) is 2. The molecule has 0 amide bonds. The number of nitriles is 2. The van der Waals surface area contributed by atoms with Crippen LogP contribution < -0.4 is 113 Å². The van der Waals surface area contributed by atoms with Crippen molar-refractivity contribution in [1.82, 2.24) is 0 Å². The summed E-state index contributed by atoms with van der Waals surface area (Å²) < 4.78 is 0. The van der Waals surface area contributed by atoms with Crippen molar-refractivity contribution >= 4 is 0 Å². The first-order valence-corrected chi connectivity index (χ1v) is 0.855. The Morgan fingerprint density at radius 2 is 0.875 bits per heavy atom. The van der Waals surface area contributed by atoms with Gasteiger partial charge in [0.1, 0.15) is 0 Å². The van der Waals surface area contributed by atoms with Gasteiger partial charge >= 0.3 is 103 Å². The van der Waals surface area contributed by atoms with Gasteiger partial charge in [-0.1, -0.05) is 0 Å². The van der Waals surface area contributed by atoms with Crippen LogP contribution in [-0.2, 0) is 0 Å². The van der Waals surface area contributed by atoms with Gasteiger partial charge in [-0.3, -0.25) is 0 Å². The zero-order valence-electron chi connectivity index (χ0n) is 4.71. The van der Waals surface area contributed by atoms with Crippen LogP contribution in [0.3, 0.4) is 0 Å². The van der Waals surface area contributed by atoms with Crippen molar-refractivity contribution < 1.29 is 113 Å². The third-order valence-electron chi connectivity index (χ3n) is 0. The van der Waals surface area contributed by atoms with Gasteiger partial charge in [-0.05, 0) is 0 Å². The van der Waals surface area contributed by atoms with Crippen LogP contribution in [0, 0.1) is 23.0 Å². The summed E-state index contributed by atoms with van der Waals surface area (Å²) in [5.74, 6) is 0. The Balaban J connectivity index is -0.0000000160. The minimum atomic E-state index is 0. The maximum atomic E-state index is 8.24. The fourth-order valence-corrected chi connectivity index (χ4v) is 0. The molecule has 0 aromatic rings. The molecule has 0 atom stereocenters. The summed E-state index contributed by atoms with van der Waals surface area (Å²) >= 11 is 0. The molecule has 0 fully saturated rings. The van der Waals surface area contributed by atoms with E-state index in [4.69, 9.17) is 20.7 Å². The first-order chi connectivity index (χ1) is 2.83. The topological polar surface area (TPSA) is 93.7 Å². The molecular formula is C2K2N2O2. The molecular weight excluding hydrogens is 162 g/mol. The molecule has 0 rings (SSSR count). The van der Waals surface area contributed by atoms with Crippen LogP contribution in [-0.4, -0.2) is 0 Å². The van der Waals surface area contributed by atoms with Crippen LogP contribution in [0.15, 0.2) is 0 Å². The Bertz CT molecular complexity index is 71.0. The van der Waals surface area contributed by atoms with Crippen LogP contribution in [0.2, 0.25) is 0 Å². The van der Waals surface area contributed by atoms with E-state index in [0.29, 0.717) is 12.5 Å². The summed E-state index contributed by atoms with van der Waals surface area (Å²) in [5.41, 5.74) is 0. The Morgan fingerprint density at radius 1 is 0.875 bits per heavy atom. The predicted molar refractivity (Wildman–Crippen MR) is 11.2 cm³/mol. The average Bonchev–Trinajstić information content (AvgIpc) is 1.39. The summed E-state index contributed by atoms with van der Waals surface area (Å²) in [5, 5.41) is 30.0. The minimum Gasteiger partial charge on any atom is -0.812 e. The minimum absolute atomic E-state index is 0. The Labute approximate surface area is 132 Å². The second kappa shape index (κ2) is 36.8. The molecule has 0 aliphatic heterocycles. The van der Waals surface area contributed by atoms with Crippen molar-refractivity contribution in [2.24, 2.45) is 0 Å². The van der Waals surface area contributed by atoms with Gasteiger partial charge in [0.05, 0.1) is 0 Å². The van der Waals surface area contributed by atoms with E-state index in [1.807, 2.05) is 0 Å². The Kier molecular flexibility index (Phi) is 104. The fraction of sp³-hybridized carbons (Fsp3) is 0. The van der Waals surface area contributed by atoms with E-state index in [-0.39, 0.29) is 103 Å². The third-order valence-corrected chi connectivity index (χ3v) is 0. The van der Waals surface area contributed by atoms with E-state index in [0.717, 1.165) is 0 Å². The van der Waals surface area contributed by atoms with E-state index in [2.05, 4.69) is 0 Å². The molecule has 0 heterocycles. The summed E-state index contributed by atoms with van der Waals surface area (Å²) in [7, 11) is 0. The quantitative estimate of drug-likeness (QED) is 0.261. The summed E-state index contributed by atoms with van der Waals surface area (Å²) in [6, 6.07) is 0. The van der Waals surface area contributed by atoms with E-state index in [1.54, 1.807) is 0 Å². The van der Waals surface area contributed by atoms with Crippen LogP contribution >= 0.6 is 0 Å². The van der Waals surface area contributed by atoms with Crippen molar-refractivity contribution in [2.45, 2.75) is 0 Å². The molecule has 0 aliphatic rings. The number of hydrogen-bond acceptors (Lipinski definition) is 4. The van der Waals surface area contributed by atoms with Crippen molar-refractivity contribution in [2.75, 3.05) is 0 Å². The molecule has 6 heteroatoms. The van der Waals surface area contributed by atoms with Gasteiger partial charge in [0, 0.05) is 12.5 Å². The predicted octanol–water partition coefficient (Wildman–Crippen LogP) is -8.34.